The fourth-order valence-corrected chi connectivity index (χ4v) is 6.73. The smallest absolute Gasteiger partial charge is 0.261 e. The lowest BCUT2D eigenvalue weighted by atomic mass is 10.0. The number of ether oxygens (including phenoxy) is 3. The highest BCUT2D eigenvalue weighted by molar-refractivity contribution is 7.92. The number of methoxy groups -OCH3 is 1. The van der Waals surface area contributed by atoms with Crippen molar-refractivity contribution in [1.82, 2.24) is 9.80 Å². The summed E-state index contributed by atoms with van der Waals surface area (Å²) in [5.74, 6) is 0.466. The van der Waals surface area contributed by atoms with Gasteiger partial charge in [-0.25, -0.2) is 8.42 Å². The minimum Gasteiger partial charge on any atom is -0.497 e. The van der Waals surface area contributed by atoms with Crippen molar-refractivity contribution in [2.75, 3.05) is 45.2 Å². The Morgan fingerprint density at radius 3 is 2.47 bits per heavy atom. The van der Waals surface area contributed by atoms with E-state index in [4.69, 9.17) is 14.2 Å². The summed E-state index contributed by atoms with van der Waals surface area (Å²) in [5.41, 5.74) is 1.65. The molecule has 0 aromatic heterocycles. The number of rotatable bonds is 10. The number of carbonyl (C=O) groups is 1. The van der Waals surface area contributed by atoms with Crippen molar-refractivity contribution >= 4 is 21.6 Å². The summed E-state index contributed by atoms with van der Waals surface area (Å²) in [6.45, 7) is 7.92. The number of nitrogens with one attached hydrogen (secondary N) is 1. The predicted molar refractivity (Wildman–Crippen MR) is 183 cm³/mol. The number of carbonyl (C=O) groups excluding carboxylic acids is 1. The van der Waals surface area contributed by atoms with Crippen LogP contribution < -0.4 is 14.2 Å². The molecule has 1 heterocycles. The van der Waals surface area contributed by atoms with Crippen LogP contribution in [0, 0.1) is 5.92 Å². The van der Waals surface area contributed by atoms with Crippen LogP contribution in [0.2, 0.25) is 0 Å². The molecule has 2 N–H and O–H groups in total. The van der Waals surface area contributed by atoms with Crippen LogP contribution in [-0.2, 0) is 21.3 Å². The van der Waals surface area contributed by atoms with E-state index in [9.17, 15) is 18.3 Å². The summed E-state index contributed by atoms with van der Waals surface area (Å²) in [4.78, 5) is 18.3. The topological polar surface area (TPSA) is 118 Å². The molecule has 3 aromatic carbocycles. The van der Waals surface area contributed by atoms with Crippen molar-refractivity contribution in [3.63, 3.8) is 0 Å². The molecule has 0 spiro atoms. The minimum absolute atomic E-state index is 0.0576. The zero-order valence-corrected chi connectivity index (χ0v) is 28.9. The lowest BCUT2D eigenvalue weighted by Crippen LogP contribution is -2.47. The van der Waals surface area contributed by atoms with E-state index in [1.54, 1.807) is 36.1 Å². The Balaban J connectivity index is 1.64. The Morgan fingerprint density at radius 1 is 1.06 bits per heavy atom. The first-order chi connectivity index (χ1) is 22.5. The Hall–Kier alpha value is -3.64. The molecule has 0 saturated carbocycles. The molecular formula is C36H49N3O7S. The number of aliphatic hydroxyl groups is 1. The fourth-order valence-electron chi connectivity index (χ4n) is 5.68. The molecule has 3 aromatic rings. The van der Waals surface area contributed by atoms with Crippen LogP contribution in [0.15, 0.2) is 77.7 Å². The summed E-state index contributed by atoms with van der Waals surface area (Å²) >= 11 is 0. The van der Waals surface area contributed by atoms with Gasteiger partial charge in [0.25, 0.3) is 15.9 Å². The van der Waals surface area contributed by atoms with Gasteiger partial charge in [-0.3, -0.25) is 14.4 Å². The number of hydrogen-bond acceptors (Lipinski definition) is 8. The van der Waals surface area contributed by atoms with Gasteiger partial charge in [0.15, 0.2) is 0 Å². The highest BCUT2D eigenvalue weighted by atomic mass is 32.2. The number of fused-ring (bicyclic) bond motifs is 1. The molecule has 4 atom stereocenters. The van der Waals surface area contributed by atoms with E-state index in [0.29, 0.717) is 31.2 Å². The molecule has 10 nitrogen and oxygen atoms in total. The van der Waals surface area contributed by atoms with Crippen molar-refractivity contribution in [3.8, 4) is 11.5 Å². The summed E-state index contributed by atoms with van der Waals surface area (Å²) in [5, 5.41) is 10.2. The van der Waals surface area contributed by atoms with E-state index in [-0.39, 0.29) is 46.8 Å². The number of nitrogens with zero attached hydrogens (tertiary/aromatic N) is 2. The van der Waals surface area contributed by atoms with Crippen LogP contribution in [0.4, 0.5) is 5.69 Å². The van der Waals surface area contributed by atoms with Crippen molar-refractivity contribution in [2.45, 2.75) is 69.7 Å². The molecule has 0 bridgehead atoms. The second-order valence-corrected chi connectivity index (χ2v) is 14.2. The molecule has 4 rings (SSSR count). The SMILES string of the molecule is COc1ccc(S(=O)(=O)Nc2ccc3c(c2)C(=O)N([C@@H](C)CO)C[C@@H](C)[C@H](CN(C)Cc2ccccc2)OCCCC[C@H](C)O3)cc1. The van der Waals surface area contributed by atoms with Gasteiger partial charge in [0.1, 0.15) is 11.5 Å². The van der Waals surface area contributed by atoms with Crippen LogP contribution in [-0.4, -0.2) is 87.9 Å². The van der Waals surface area contributed by atoms with Crippen LogP contribution >= 0.6 is 0 Å². The Kier molecular flexibility index (Phi) is 13.1. The monoisotopic (exact) mass is 667 g/mol. The van der Waals surface area contributed by atoms with Crippen molar-refractivity contribution < 1.29 is 32.5 Å². The molecule has 1 amide bonds. The molecule has 0 fully saturated rings. The molecule has 0 aliphatic carbocycles. The van der Waals surface area contributed by atoms with Gasteiger partial charge in [-0.05, 0) is 88.2 Å². The van der Waals surface area contributed by atoms with E-state index in [1.807, 2.05) is 25.1 Å². The standard InChI is InChI=1S/C36H49N3O7S/c1-26-22-39(27(2)25-40)36(41)33-21-30(37-47(42,43)32-17-15-31(44-5)16-18-32)14-19-34(33)46-28(3)11-9-10-20-45-35(26)24-38(4)23-29-12-7-6-8-13-29/h6-8,12-19,21,26-28,35,37,40H,9-11,20,22-25H2,1-5H3/t26-,27+,28+,35+/m1/s1. The van der Waals surface area contributed by atoms with E-state index in [0.717, 1.165) is 25.8 Å². The van der Waals surface area contributed by atoms with Gasteiger partial charge in [-0.1, -0.05) is 37.3 Å². The molecule has 1 aliphatic rings. The second-order valence-electron chi connectivity index (χ2n) is 12.5. The maximum absolute atomic E-state index is 14.4. The quantitative estimate of drug-likeness (QED) is 0.294. The number of amides is 1. The molecule has 0 saturated heterocycles. The summed E-state index contributed by atoms with van der Waals surface area (Å²) in [7, 11) is -0.382. The van der Waals surface area contributed by atoms with Crippen LogP contribution in [0.25, 0.3) is 0 Å². The first kappa shape index (κ1) is 36.2. The second kappa shape index (κ2) is 17.0. The number of hydrogen-bond donors (Lipinski definition) is 2. The first-order valence-corrected chi connectivity index (χ1v) is 17.7. The van der Waals surface area contributed by atoms with Gasteiger partial charge in [0.2, 0.25) is 0 Å². The van der Waals surface area contributed by atoms with Gasteiger partial charge in [0, 0.05) is 37.8 Å². The van der Waals surface area contributed by atoms with Gasteiger partial charge in [0.05, 0.1) is 42.4 Å². The Labute approximate surface area is 279 Å². The van der Waals surface area contributed by atoms with E-state index < -0.39 is 16.1 Å². The van der Waals surface area contributed by atoms with Gasteiger partial charge in [-0.2, -0.15) is 0 Å². The molecule has 1 aliphatic heterocycles. The van der Waals surface area contributed by atoms with Crippen LogP contribution in [0.3, 0.4) is 0 Å². The molecule has 11 heteroatoms. The molecule has 0 radical (unpaired) electrons. The van der Waals surface area contributed by atoms with Crippen molar-refractivity contribution in [1.29, 1.82) is 0 Å². The maximum Gasteiger partial charge on any atom is 0.261 e. The Morgan fingerprint density at radius 2 is 1.79 bits per heavy atom. The summed E-state index contributed by atoms with van der Waals surface area (Å²) in [6, 6.07) is 20.6. The average Bonchev–Trinajstić information content (AvgIpc) is 3.06. The van der Waals surface area contributed by atoms with Crippen LogP contribution in [0.5, 0.6) is 11.5 Å². The lowest BCUT2D eigenvalue weighted by Gasteiger charge is -2.36. The fraction of sp³-hybridized carbons (Fsp3) is 0.472. The third-order valence-corrected chi connectivity index (χ3v) is 9.86. The van der Waals surface area contributed by atoms with Crippen LogP contribution in [0.1, 0.15) is 56.0 Å². The number of anilines is 1. The predicted octanol–water partition coefficient (Wildman–Crippen LogP) is 5.42. The normalized spacial score (nSPS) is 20.5. The third kappa shape index (κ3) is 10.2. The van der Waals surface area contributed by atoms with Gasteiger partial charge < -0.3 is 24.2 Å². The molecule has 0 unspecified atom stereocenters. The number of benzene rings is 3. The van der Waals surface area contributed by atoms with Crippen molar-refractivity contribution in [2.24, 2.45) is 5.92 Å². The van der Waals surface area contributed by atoms with E-state index >= 15 is 0 Å². The highest BCUT2D eigenvalue weighted by Gasteiger charge is 2.30. The van der Waals surface area contributed by atoms with E-state index in [1.165, 1.54) is 30.9 Å². The highest BCUT2D eigenvalue weighted by Crippen LogP contribution is 2.30. The molecule has 47 heavy (non-hydrogen) atoms. The van der Waals surface area contributed by atoms with Crippen molar-refractivity contribution in [3.05, 3.63) is 83.9 Å². The average molecular weight is 668 g/mol. The number of sulfonamides is 1. The van der Waals surface area contributed by atoms with Gasteiger partial charge >= 0.3 is 0 Å². The number of likely N-dealkylation sites (N-methyl/N-ethyl adjacent to an activating group) is 1. The lowest BCUT2D eigenvalue weighted by molar-refractivity contribution is -0.0177. The minimum atomic E-state index is -3.96. The first-order valence-electron chi connectivity index (χ1n) is 16.2. The summed E-state index contributed by atoms with van der Waals surface area (Å²) < 4.78 is 47.0. The Bertz CT molecular complexity index is 1540. The molecular weight excluding hydrogens is 618 g/mol. The maximum atomic E-state index is 14.4. The summed E-state index contributed by atoms with van der Waals surface area (Å²) in [6.07, 6.45) is 2.16. The largest absolute Gasteiger partial charge is 0.497 e. The zero-order chi connectivity index (χ0) is 34.0. The number of aliphatic hydroxyl groups excluding tert-OH is 1. The zero-order valence-electron chi connectivity index (χ0n) is 28.1. The van der Waals surface area contributed by atoms with E-state index in [2.05, 4.69) is 35.7 Å². The van der Waals surface area contributed by atoms with Gasteiger partial charge in [-0.15, -0.1) is 0 Å². The third-order valence-electron chi connectivity index (χ3n) is 8.46. The molecule has 256 valence electrons.